The minimum absolute atomic E-state index is 0.223. The second-order valence-corrected chi connectivity index (χ2v) is 12.0. The summed E-state index contributed by atoms with van der Waals surface area (Å²) in [4.78, 5) is 13.4. The molecule has 36 heavy (non-hydrogen) atoms. The van der Waals surface area contributed by atoms with Crippen LogP contribution in [0.5, 0.6) is 0 Å². The van der Waals surface area contributed by atoms with E-state index in [1.165, 1.54) is 12.4 Å². The summed E-state index contributed by atoms with van der Waals surface area (Å²) in [5.41, 5.74) is 1.58. The van der Waals surface area contributed by atoms with E-state index < -0.39 is 15.6 Å². The van der Waals surface area contributed by atoms with Gasteiger partial charge >= 0.3 is 0 Å². The summed E-state index contributed by atoms with van der Waals surface area (Å²) >= 11 is 0. The Kier molecular flexibility index (Phi) is 5.92. The largest absolute Gasteiger partial charge is 0.386 e. The molecule has 0 spiro atoms. The molecule has 4 aromatic rings. The zero-order valence-corrected chi connectivity index (χ0v) is 21.4. The first-order valence-electron chi connectivity index (χ1n) is 11.8. The Morgan fingerprint density at radius 1 is 1.17 bits per heavy atom. The average Bonchev–Trinajstić information content (AvgIpc) is 3.44. The van der Waals surface area contributed by atoms with Gasteiger partial charge in [-0.1, -0.05) is 12.2 Å². The van der Waals surface area contributed by atoms with E-state index in [2.05, 4.69) is 50.0 Å². The summed E-state index contributed by atoms with van der Waals surface area (Å²) in [6.07, 6.45) is 13.4. The molecule has 0 aliphatic heterocycles. The number of nitrogens with zero attached hydrogens (tertiary/aromatic N) is 6. The lowest BCUT2D eigenvalue weighted by Gasteiger charge is -2.10. The van der Waals surface area contributed by atoms with Gasteiger partial charge in [-0.2, -0.15) is 9.19 Å². The number of aromatic nitrogens is 6. The van der Waals surface area contributed by atoms with Crippen LogP contribution in [-0.4, -0.2) is 53.1 Å². The molecule has 1 fully saturated rings. The van der Waals surface area contributed by atoms with Gasteiger partial charge in [0, 0.05) is 41.6 Å². The Labute approximate surface area is 209 Å². The van der Waals surface area contributed by atoms with Crippen molar-refractivity contribution in [3.05, 3.63) is 54.8 Å². The topological polar surface area (TPSA) is 128 Å². The summed E-state index contributed by atoms with van der Waals surface area (Å²) in [5, 5.41) is 18.0. The molecule has 10 nitrogen and oxygen atoms in total. The predicted octanol–water partition coefficient (Wildman–Crippen LogP) is 4.14. The third-order valence-corrected chi connectivity index (χ3v) is 7.95. The van der Waals surface area contributed by atoms with Crippen molar-refractivity contribution in [2.45, 2.75) is 57.4 Å². The molecule has 5 rings (SSSR count). The Bertz CT molecular complexity index is 1560. The molecule has 0 unspecified atom stereocenters. The lowest BCUT2D eigenvalue weighted by atomic mass is 10.1. The SMILES string of the molecule is CC(C)n1cc(/C=C/C(C)(C)O)c2cnc(Nc3ccnc(-c4cnn(S(=O)(=O)C5CC5)c4)n3)cc21. The molecule has 2 N–H and O–H groups in total. The van der Waals surface area contributed by atoms with Crippen LogP contribution in [0.15, 0.2) is 49.2 Å². The molecule has 0 atom stereocenters. The lowest BCUT2D eigenvalue weighted by Crippen LogP contribution is -2.17. The normalized spacial score (nSPS) is 14.8. The fourth-order valence-corrected chi connectivity index (χ4v) is 5.34. The Hall–Kier alpha value is -3.57. The number of fused-ring (bicyclic) bond motifs is 1. The number of pyridine rings is 1. The molecular formula is C25H29N7O3S. The van der Waals surface area contributed by atoms with Crippen LogP contribution in [-0.2, 0) is 10.0 Å². The fraction of sp³-hybridized carbons (Fsp3) is 0.360. The molecule has 4 aromatic heterocycles. The number of hydrogen-bond donors (Lipinski definition) is 2. The molecule has 0 radical (unpaired) electrons. The third kappa shape index (κ3) is 4.89. The Morgan fingerprint density at radius 3 is 2.64 bits per heavy atom. The van der Waals surface area contributed by atoms with Crippen LogP contribution in [0.1, 0.15) is 52.1 Å². The third-order valence-electron chi connectivity index (χ3n) is 5.91. The van der Waals surface area contributed by atoms with E-state index in [4.69, 9.17) is 0 Å². The second kappa shape index (κ2) is 8.82. The monoisotopic (exact) mass is 507 g/mol. The summed E-state index contributed by atoms with van der Waals surface area (Å²) in [7, 11) is -3.45. The highest BCUT2D eigenvalue weighted by molar-refractivity contribution is 7.90. The Morgan fingerprint density at radius 2 is 1.94 bits per heavy atom. The van der Waals surface area contributed by atoms with Crippen molar-refractivity contribution in [3.8, 4) is 11.4 Å². The molecule has 1 saturated carbocycles. The number of rotatable bonds is 8. The van der Waals surface area contributed by atoms with Crippen molar-refractivity contribution < 1.29 is 13.5 Å². The van der Waals surface area contributed by atoms with Gasteiger partial charge in [0.25, 0.3) is 10.0 Å². The van der Waals surface area contributed by atoms with Gasteiger partial charge in [-0.05, 0) is 46.6 Å². The maximum absolute atomic E-state index is 12.4. The molecule has 1 aliphatic rings. The van der Waals surface area contributed by atoms with Crippen LogP contribution in [0.25, 0.3) is 28.4 Å². The molecular weight excluding hydrogens is 478 g/mol. The Balaban J connectivity index is 1.43. The smallest absolute Gasteiger partial charge is 0.256 e. The van der Waals surface area contributed by atoms with E-state index in [0.717, 1.165) is 20.6 Å². The number of aliphatic hydroxyl groups is 1. The fourth-order valence-electron chi connectivity index (χ4n) is 3.87. The summed E-state index contributed by atoms with van der Waals surface area (Å²) in [5.74, 6) is 1.49. The highest BCUT2D eigenvalue weighted by Gasteiger charge is 2.37. The van der Waals surface area contributed by atoms with Crippen LogP contribution in [0.3, 0.4) is 0 Å². The second-order valence-electron chi connectivity index (χ2n) is 9.90. The molecule has 0 aromatic carbocycles. The molecule has 188 valence electrons. The summed E-state index contributed by atoms with van der Waals surface area (Å²) in [6, 6.07) is 3.90. The van der Waals surface area contributed by atoms with Gasteiger partial charge in [-0.15, -0.1) is 0 Å². The lowest BCUT2D eigenvalue weighted by molar-refractivity contribution is 0.134. The van der Waals surface area contributed by atoms with Crippen LogP contribution < -0.4 is 5.32 Å². The zero-order chi connectivity index (χ0) is 25.7. The number of anilines is 2. The van der Waals surface area contributed by atoms with E-state index in [1.807, 2.05) is 12.1 Å². The van der Waals surface area contributed by atoms with Gasteiger partial charge < -0.3 is 15.0 Å². The molecule has 4 heterocycles. The van der Waals surface area contributed by atoms with E-state index in [0.29, 0.717) is 35.9 Å². The maximum atomic E-state index is 12.4. The van der Waals surface area contributed by atoms with Crippen LogP contribution in [0, 0.1) is 0 Å². The van der Waals surface area contributed by atoms with E-state index >= 15 is 0 Å². The van der Waals surface area contributed by atoms with Gasteiger partial charge in [0.05, 0.1) is 34.3 Å². The first-order valence-corrected chi connectivity index (χ1v) is 13.3. The zero-order valence-electron chi connectivity index (χ0n) is 20.6. The van der Waals surface area contributed by atoms with Crippen LogP contribution in [0.4, 0.5) is 11.6 Å². The van der Waals surface area contributed by atoms with Gasteiger partial charge in [-0.25, -0.2) is 23.4 Å². The van der Waals surface area contributed by atoms with Crippen molar-refractivity contribution in [1.82, 2.24) is 28.7 Å². The first kappa shape index (κ1) is 24.1. The van der Waals surface area contributed by atoms with Gasteiger partial charge in [0.2, 0.25) is 0 Å². The average molecular weight is 508 g/mol. The van der Waals surface area contributed by atoms with E-state index in [1.54, 1.807) is 38.4 Å². The van der Waals surface area contributed by atoms with Crippen LogP contribution in [0.2, 0.25) is 0 Å². The summed E-state index contributed by atoms with van der Waals surface area (Å²) in [6.45, 7) is 7.68. The van der Waals surface area contributed by atoms with Crippen LogP contribution >= 0.6 is 0 Å². The molecule has 0 saturated heterocycles. The van der Waals surface area contributed by atoms with Gasteiger partial charge in [-0.3, -0.25) is 0 Å². The van der Waals surface area contributed by atoms with Gasteiger partial charge in [0.15, 0.2) is 5.82 Å². The van der Waals surface area contributed by atoms with Crippen molar-refractivity contribution >= 4 is 38.6 Å². The van der Waals surface area contributed by atoms with Crippen molar-refractivity contribution in [2.75, 3.05) is 5.32 Å². The highest BCUT2D eigenvalue weighted by Crippen LogP contribution is 2.31. The molecule has 11 heteroatoms. The van der Waals surface area contributed by atoms with Gasteiger partial charge in [0.1, 0.15) is 11.6 Å². The molecule has 1 aliphatic carbocycles. The van der Waals surface area contributed by atoms with Crippen molar-refractivity contribution in [2.24, 2.45) is 0 Å². The first-order chi connectivity index (χ1) is 17.0. The van der Waals surface area contributed by atoms with Crippen molar-refractivity contribution in [3.63, 3.8) is 0 Å². The van der Waals surface area contributed by atoms with Crippen molar-refractivity contribution in [1.29, 1.82) is 0 Å². The molecule has 0 bridgehead atoms. The standard InChI is InChI=1S/C25H29N7O3S/c1-16(2)31-14-17(7-9-25(3,4)33)20-13-27-23(11-21(20)31)29-22-8-10-26-24(30-22)18-12-28-32(15-18)36(34,35)19-5-6-19/h7-16,19,33H,5-6H2,1-4H3,(H,26,27,29,30)/b9-7+. The minimum Gasteiger partial charge on any atom is -0.386 e. The molecule has 0 amide bonds. The van der Waals surface area contributed by atoms with E-state index in [-0.39, 0.29) is 11.3 Å². The number of nitrogens with one attached hydrogen (secondary N) is 1. The summed E-state index contributed by atoms with van der Waals surface area (Å²) < 4.78 is 28.1. The highest BCUT2D eigenvalue weighted by atomic mass is 32.2. The minimum atomic E-state index is -3.45. The quantitative estimate of drug-likeness (QED) is 0.364. The van der Waals surface area contributed by atoms with E-state index in [9.17, 15) is 13.5 Å². The maximum Gasteiger partial charge on any atom is 0.256 e. The number of hydrogen-bond acceptors (Lipinski definition) is 8. The predicted molar refractivity (Wildman–Crippen MR) is 139 cm³/mol.